The molecule has 0 bridgehead atoms. The Morgan fingerprint density at radius 3 is 2.07 bits per heavy atom. The van der Waals surface area contributed by atoms with Crippen LogP contribution in [0.5, 0.6) is 17.2 Å². The number of aliphatic hydroxyl groups excluding tert-OH is 2. The summed E-state index contributed by atoms with van der Waals surface area (Å²) in [6.07, 6.45) is 7.13. The van der Waals surface area contributed by atoms with Gasteiger partial charge in [0.15, 0.2) is 17.3 Å². The lowest BCUT2D eigenvalue weighted by Crippen LogP contribution is -1.92. The van der Waals surface area contributed by atoms with Crippen molar-refractivity contribution < 1.29 is 29.2 Å². The van der Waals surface area contributed by atoms with Gasteiger partial charge in [0.1, 0.15) is 11.5 Å². The smallest absolute Gasteiger partial charge is 0.182 e. The zero-order valence-corrected chi connectivity index (χ0v) is 16.6. The predicted molar refractivity (Wildman–Crippen MR) is 112 cm³/mol. The summed E-state index contributed by atoms with van der Waals surface area (Å²) in [5.74, 6) is 1.19. The normalized spacial score (nSPS) is 11.8. The van der Waals surface area contributed by atoms with Crippen molar-refractivity contribution in [1.29, 1.82) is 0 Å². The first-order valence-electron chi connectivity index (χ1n) is 8.81. The lowest BCUT2D eigenvalue weighted by Gasteiger charge is -2.07. The number of hydrogen-bond donors (Lipinski definition) is 2. The monoisotopic (exact) mass is 396 g/mol. The SMILES string of the molecule is COc1ccc(/C=C/C(O)=CC(=O)/C=C/c2ccc(OC)c(OC)c2)cc1CO. The summed E-state index contributed by atoms with van der Waals surface area (Å²) in [7, 11) is 4.62. The molecule has 2 aromatic rings. The van der Waals surface area contributed by atoms with Gasteiger partial charge in [0.05, 0.1) is 27.9 Å². The van der Waals surface area contributed by atoms with Crippen molar-refractivity contribution in [2.75, 3.05) is 21.3 Å². The molecule has 0 unspecified atom stereocenters. The summed E-state index contributed by atoms with van der Waals surface area (Å²) in [6, 6.07) is 10.5. The number of rotatable bonds is 9. The second-order valence-corrected chi connectivity index (χ2v) is 5.98. The number of ketones is 1. The van der Waals surface area contributed by atoms with E-state index in [-0.39, 0.29) is 18.1 Å². The van der Waals surface area contributed by atoms with Gasteiger partial charge >= 0.3 is 0 Å². The van der Waals surface area contributed by atoms with Crippen molar-refractivity contribution in [2.24, 2.45) is 0 Å². The number of allylic oxidation sites excluding steroid dienone is 3. The number of ether oxygens (including phenoxy) is 3. The van der Waals surface area contributed by atoms with Crippen LogP contribution in [0.25, 0.3) is 12.2 Å². The topological polar surface area (TPSA) is 85.2 Å². The Morgan fingerprint density at radius 2 is 1.45 bits per heavy atom. The maximum absolute atomic E-state index is 12.0. The first-order valence-corrected chi connectivity index (χ1v) is 8.81. The fraction of sp³-hybridized carbons (Fsp3) is 0.174. The lowest BCUT2D eigenvalue weighted by atomic mass is 10.1. The van der Waals surface area contributed by atoms with E-state index in [1.807, 2.05) is 0 Å². The van der Waals surface area contributed by atoms with E-state index in [0.717, 1.165) is 17.2 Å². The summed E-state index contributed by atoms with van der Waals surface area (Å²) in [5.41, 5.74) is 2.14. The number of aliphatic hydroxyl groups is 2. The van der Waals surface area contributed by atoms with Crippen LogP contribution in [0.3, 0.4) is 0 Å². The highest BCUT2D eigenvalue weighted by Crippen LogP contribution is 2.28. The van der Waals surface area contributed by atoms with E-state index in [1.165, 1.54) is 26.4 Å². The van der Waals surface area contributed by atoms with Crippen LogP contribution in [-0.4, -0.2) is 37.3 Å². The van der Waals surface area contributed by atoms with Gasteiger partial charge in [-0.15, -0.1) is 0 Å². The Balaban J connectivity index is 2.06. The second kappa shape index (κ2) is 10.7. The van der Waals surface area contributed by atoms with Crippen molar-refractivity contribution in [3.8, 4) is 17.2 Å². The van der Waals surface area contributed by atoms with Crippen molar-refractivity contribution in [3.05, 3.63) is 77.1 Å². The largest absolute Gasteiger partial charge is 0.508 e. The van der Waals surface area contributed by atoms with Gasteiger partial charge in [-0.05, 0) is 47.5 Å². The van der Waals surface area contributed by atoms with E-state index in [4.69, 9.17) is 14.2 Å². The van der Waals surface area contributed by atoms with E-state index in [1.54, 1.807) is 55.7 Å². The van der Waals surface area contributed by atoms with Crippen LogP contribution in [0.4, 0.5) is 0 Å². The summed E-state index contributed by atoms with van der Waals surface area (Å²) in [4.78, 5) is 12.0. The maximum Gasteiger partial charge on any atom is 0.182 e. The van der Waals surface area contributed by atoms with Gasteiger partial charge in [0, 0.05) is 11.6 Å². The van der Waals surface area contributed by atoms with Gasteiger partial charge in [-0.2, -0.15) is 0 Å². The van der Waals surface area contributed by atoms with Crippen LogP contribution in [0.2, 0.25) is 0 Å². The Morgan fingerprint density at radius 1 is 0.862 bits per heavy atom. The molecule has 0 saturated heterocycles. The quantitative estimate of drug-likeness (QED) is 0.379. The minimum Gasteiger partial charge on any atom is -0.508 e. The van der Waals surface area contributed by atoms with E-state index in [0.29, 0.717) is 22.8 Å². The van der Waals surface area contributed by atoms with Gasteiger partial charge in [-0.1, -0.05) is 24.3 Å². The molecule has 152 valence electrons. The van der Waals surface area contributed by atoms with Gasteiger partial charge in [-0.25, -0.2) is 0 Å². The average Bonchev–Trinajstić information content (AvgIpc) is 2.75. The molecular formula is C23H24O6. The molecule has 2 aromatic carbocycles. The summed E-state index contributed by atoms with van der Waals surface area (Å²) < 4.78 is 15.5. The van der Waals surface area contributed by atoms with Gasteiger partial charge in [0.25, 0.3) is 0 Å². The first kappa shape index (κ1) is 21.8. The van der Waals surface area contributed by atoms with Crippen LogP contribution in [0.15, 0.2) is 60.4 Å². The molecule has 0 fully saturated rings. The lowest BCUT2D eigenvalue weighted by molar-refractivity contribution is -0.110. The molecule has 0 amide bonds. The van der Waals surface area contributed by atoms with Crippen molar-refractivity contribution in [2.45, 2.75) is 6.61 Å². The van der Waals surface area contributed by atoms with Crippen LogP contribution in [0.1, 0.15) is 16.7 Å². The molecule has 0 heterocycles. The zero-order chi connectivity index (χ0) is 21.2. The van der Waals surface area contributed by atoms with Crippen LogP contribution in [0, 0.1) is 0 Å². The van der Waals surface area contributed by atoms with E-state index in [9.17, 15) is 15.0 Å². The van der Waals surface area contributed by atoms with Gasteiger partial charge < -0.3 is 24.4 Å². The first-order chi connectivity index (χ1) is 14.0. The highest BCUT2D eigenvalue weighted by Gasteiger charge is 2.04. The molecule has 0 aliphatic carbocycles. The molecule has 6 heteroatoms. The molecule has 0 atom stereocenters. The minimum atomic E-state index is -0.368. The number of benzene rings is 2. The van der Waals surface area contributed by atoms with Crippen molar-refractivity contribution >= 4 is 17.9 Å². The molecule has 0 radical (unpaired) electrons. The summed E-state index contributed by atoms with van der Waals surface area (Å²) in [6.45, 7) is -0.161. The fourth-order valence-corrected chi connectivity index (χ4v) is 2.58. The van der Waals surface area contributed by atoms with Crippen LogP contribution >= 0.6 is 0 Å². The number of carbonyl (C=O) groups excluding carboxylic acids is 1. The minimum absolute atomic E-state index is 0.161. The Hall–Kier alpha value is -3.51. The third-order valence-electron chi connectivity index (χ3n) is 4.06. The average molecular weight is 396 g/mol. The van der Waals surface area contributed by atoms with E-state index in [2.05, 4.69) is 0 Å². The Bertz CT molecular complexity index is 940. The molecule has 0 spiro atoms. The van der Waals surface area contributed by atoms with Gasteiger partial charge in [-0.3, -0.25) is 4.79 Å². The van der Waals surface area contributed by atoms with E-state index >= 15 is 0 Å². The zero-order valence-electron chi connectivity index (χ0n) is 16.6. The number of methoxy groups -OCH3 is 3. The molecule has 0 saturated carbocycles. The fourth-order valence-electron chi connectivity index (χ4n) is 2.58. The predicted octanol–water partition coefficient (Wildman–Crippen LogP) is 3.94. The van der Waals surface area contributed by atoms with Gasteiger partial charge in [0.2, 0.25) is 0 Å². The molecule has 0 aliphatic heterocycles. The molecule has 2 rings (SSSR count). The van der Waals surface area contributed by atoms with Crippen molar-refractivity contribution in [3.63, 3.8) is 0 Å². The molecule has 29 heavy (non-hydrogen) atoms. The highest BCUT2D eigenvalue weighted by atomic mass is 16.5. The Kier molecular flexibility index (Phi) is 8.06. The standard InChI is InChI=1S/C23H24O6/c1-27-21-10-6-16(12-18(21)15-24)4-8-19(25)14-20(26)9-5-17-7-11-22(28-2)23(13-17)29-3/h4-14,24-25H,15H2,1-3H3/b8-4+,9-5+,19-14?. The van der Waals surface area contributed by atoms with Crippen molar-refractivity contribution in [1.82, 2.24) is 0 Å². The Labute approximate surface area is 170 Å². The third-order valence-corrected chi connectivity index (χ3v) is 4.06. The second-order valence-electron chi connectivity index (χ2n) is 5.98. The molecular weight excluding hydrogens is 372 g/mol. The molecule has 0 aliphatic rings. The van der Waals surface area contributed by atoms with E-state index < -0.39 is 0 Å². The maximum atomic E-state index is 12.0. The number of carbonyl (C=O) groups is 1. The van der Waals surface area contributed by atoms with Crippen LogP contribution < -0.4 is 14.2 Å². The summed E-state index contributed by atoms with van der Waals surface area (Å²) >= 11 is 0. The number of hydrogen-bond acceptors (Lipinski definition) is 6. The van der Waals surface area contributed by atoms with Crippen LogP contribution in [-0.2, 0) is 11.4 Å². The molecule has 2 N–H and O–H groups in total. The third kappa shape index (κ3) is 6.26. The molecule has 6 nitrogen and oxygen atoms in total. The molecule has 0 aromatic heterocycles. The highest BCUT2D eigenvalue weighted by molar-refractivity contribution is 6.02. The summed E-state index contributed by atoms with van der Waals surface area (Å²) in [5, 5.41) is 19.3.